The summed E-state index contributed by atoms with van der Waals surface area (Å²) in [5.41, 5.74) is 1.24. The lowest BCUT2D eigenvalue weighted by Crippen LogP contribution is -2.13. The van der Waals surface area contributed by atoms with Crippen molar-refractivity contribution in [1.29, 1.82) is 0 Å². The highest BCUT2D eigenvalue weighted by atomic mass is 79.9. The molecule has 0 aromatic heterocycles. The van der Waals surface area contributed by atoms with Gasteiger partial charge < -0.3 is 10.1 Å². The van der Waals surface area contributed by atoms with Crippen LogP contribution in [0.25, 0.3) is 0 Å². The van der Waals surface area contributed by atoms with Crippen LogP contribution in [0.1, 0.15) is 32.4 Å². The molecule has 1 aromatic carbocycles. The van der Waals surface area contributed by atoms with Gasteiger partial charge >= 0.3 is 0 Å². The summed E-state index contributed by atoms with van der Waals surface area (Å²) in [7, 11) is 1.95. The van der Waals surface area contributed by atoms with Crippen molar-refractivity contribution in [3.63, 3.8) is 0 Å². The van der Waals surface area contributed by atoms with Crippen LogP contribution in [0.15, 0.2) is 22.7 Å². The summed E-state index contributed by atoms with van der Waals surface area (Å²) in [6, 6.07) is 6.45. The van der Waals surface area contributed by atoms with E-state index < -0.39 is 0 Å². The highest BCUT2D eigenvalue weighted by molar-refractivity contribution is 9.10. The number of benzene rings is 1. The number of nitrogens with one attached hydrogen (secondary N) is 1. The summed E-state index contributed by atoms with van der Waals surface area (Å²) in [4.78, 5) is 0. The Morgan fingerprint density at radius 3 is 2.40 bits per heavy atom. The van der Waals surface area contributed by atoms with Crippen molar-refractivity contribution in [2.24, 2.45) is 0 Å². The zero-order valence-corrected chi connectivity index (χ0v) is 11.3. The van der Waals surface area contributed by atoms with Crippen LogP contribution in [0.4, 0.5) is 0 Å². The molecule has 0 aliphatic heterocycles. The smallest absolute Gasteiger partial charge is 0.120 e. The second-order valence-electron chi connectivity index (χ2n) is 3.86. The van der Waals surface area contributed by atoms with Crippen LogP contribution < -0.4 is 10.1 Å². The van der Waals surface area contributed by atoms with Crippen molar-refractivity contribution in [3.8, 4) is 5.75 Å². The van der Waals surface area contributed by atoms with Gasteiger partial charge in [0.1, 0.15) is 5.75 Å². The van der Waals surface area contributed by atoms with Crippen LogP contribution in [0.5, 0.6) is 5.75 Å². The Morgan fingerprint density at radius 2 is 1.93 bits per heavy atom. The molecule has 0 radical (unpaired) electrons. The number of rotatable bonds is 4. The average Bonchev–Trinajstić information content (AvgIpc) is 2.16. The standard InChI is InChI=1S/C12H18BrNO/c1-8(2)15-10-5-6-11(9(3)14-4)12(13)7-10/h5-9,14H,1-4H3. The molecule has 1 unspecified atom stereocenters. The van der Waals surface area contributed by atoms with Gasteiger partial charge in [-0.05, 0) is 45.5 Å². The highest BCUT2D eigenvalue weighted by Gasteiger charge is 2.08. The van der Waals surface area contributed by atoms with Crippen molar-refractivity contribution >= 4 is 15.9 Å². The monoisotopic (exact) mass is 271 g/mol. The van der Waals surface area contributed by atoms with Gasteiger partial charge in [0.2, 0.25) is 0 Å². The third kappa shape index (κ3) is 3.50. The average molecular weight is 272 g/mol. The molecule has 0 heterocycles. The number of hydrogen-bond acceptors (Lipinski definition) is 2. The van der Waals surface area contributed by atoms with Gasteiger partial charge in [0.15, 0.2) is 0 Å². The van der Waals surface area contributed by atoms with Gasteiger partial charge in [0.05, 0.1) is 6.10 Å². The van der Waals surface area contributed by atoms with Gasteiger partial charge in [0, 0.05) is 10.5 Å². The van der Waals surface area contributed by atoms with E-state index in [2.05, 4.69) is 34.2 Å². The molecule has 2 nitrogen and oxygen atoms in total. The molecule has 0 saturated carbocycles. The maximum atomic E-state index is 5.61. The molecular formula is C12H18BrNO. The van der Waals surface area contributed by atoms with Crippen LogP contribution in [0.2, 0.25) is 0 Å². The van der Waals surface area contributed by atoms with Gasteiger partial charge in [0.25, 0.3) is 0 Å². The van der Waals surface area contributed by atoms with Crippen LogP contribution >= 0.6 is 15.9 Å². The van der Waals surface area contributed by atoms with E-state index in [-0.39, 0.29) is 6.10 Å². The second kappa shape index (κ2) is 5.52. The number of ether oxygens (including phenoxy) is 1. The van der Waals surface area contributed by atoms with Crippen molar-refractivity contribution < 1.29 is 4.74 Å². The molecule has 0 saturated heterocycles. The third-order valence-electron chi connectivity index (χ3n) is 2.24. The Kier molecular flexibility index (Phi) is 4.61. The van der Waals surface area contributed by atoms with Gasteiger partial charge in [-0.15, -0.1) is 0 Å². The van der Waals surface area contributed by atoms with Gasteiger partial charge in [-0.2, -0.15) is 0 Å². The predicted octanol–water partition coefficient (Wildman–Crippen LogP) is 3.52. The summed E-state index contributed by atoms with van der Waals surface area (Å²) in [5.74, 6) is 0.906. The Labute approximate surface area is 100 Å². The molecule has 1 atom stereocenters. The summed E-state index contributed by atoms with van der Waals surface area (Å²) < 4.78 is 6.70. The summed E-state index contributed by atoms with van der Waals surface area (Å²) in [5, 5.41) is 3.21. The first-order valence-corrected chi connectivity index (χ1v) is 5.97. The summed E-state index contributed by atoms with van der Waals surface area (Å²) in [6.07, 6.45) is 0.212. The molecule has 3 heteroatoms. The molecule has 0 amide bonds. The van der Waals surface area contributed by atoms with E-state index in [1.165, 1.54) is 5.56 Å². The minimum absolute atomic E-state index is 0.212. The largest absolute Gasteiger partial charge is 0.491 e. The fourth-order valence-electron chi connectivity index (χ4n) is 1.36. The third-order valence-corrected chi connectivity index (χ3v) is 2.93. The van der Waals surface area contributed by atoms with E-state index >= 15 is 0 Å². The first kappa shape index (κ1) is 12.5. The van der Waals surface area contributed by atoms with Crippen molar-refractivity contribution in [3.05, 3.63) is 28.2 Å². The molecular weight excluding hydrogens is 254 g/mol. The number of hydrogen-bond donors (Lipinski definition) is 1. The molecule has 1 N–H and O–H groups in total. The Hall–Kier alpha value is -0.540. The van der Waals surface area contributed by atoms with Crippen LogP contribution in [0.3, 0.4) is 0 Å². The Balaban J connectivity index is 2.88. The molecule has 0 bridgehead atoms. The summed E-state index contributed by atoms with van der Waals surface area (Å²) in [6.45, 7) is 6.18. The molecule has 15 heavy (non-hydrogen) atoms. The van der Waals surface area contributed by atoms with Crippen LogP contribution in [0, 0.1) is 0 Å². The van der Waals surface area contributed by atoms with Gasteiger partial charge in [-0.1, -0.05) is 22.0 Å². The maximum Gasteiger partial charge on any atom is 0.120 e. The van der Waals surface area contributed by atoms with E-state index in [0.29, 0.717) is 6.04 Å². The van der Waals surface area contributed by atoms with E-state index in [9.17, 15) is 0 Å². The van der Waals surface area contributed by atoms with Crippen molar-refractivity contribution in [1.82, 2.24) is 5.32 Å². The molecule has 0 aliphatic carbocycles. The van der Waals surface area contributed by atoms with Gasteiger partial charge in [-0.3, -0.25) is 0 Å². The normalized spacial score (nSPS) is 12.9. The Morgan fingerprint density at radius 1 is 1.27 bits per heavy atom. The first-order valence-electron chi connectivity index (χ1n) is 5.18. The fraction of sp³-hybridized carbons (Fsp3) is 0.500. The minimum atomic E-state index is 0.212. The zero-order valence-electron chi connectivity index (χ0n) is 9.67. The molecule has 0 aliphatic rings. The molecule has 84 valence electrons. The minimum Gasteiger partial charge on any atom is -0.491 e. The summed E-state index contributed by atoms with van der Waals surface area (Å²) >= 11 is 3.56. The SMILES string of the molecule is CNC(C)c1ccc(OC(C)C)cc1Br. The van der Waals surface area contributed by atoms with E-state index in [1.54, 1.807) is 0 Å². The predicted molar refractivity (Wildman–Crippen MR) is 67.4 cm³/mol. The topological polar surface area (TPSA) is 21.3 Å². The van der Waals surface area contributed by atoms with Crippen molar-refractivity contribution in [2.75, 3.05) is 7.05 Å². The zero-order chi connectivity index (χ0) is 11.4. The lowest BCUT2D eigenvalue weighted by molar-refractivity contribution is 0.242. The number of halogens is 1. The molecule has 1 aromatic rings. The molecule has 0 spiro atoms. The second-order valence-corrected chi connectivity index (χ2v) is 4.71. The fourth-order valence-corrected chi connectivity index (χ4v) is 2.06. The maximum absolute atomic E-state index is 5.61. The first-order chi connectivity index (χ1) is 7.04. The molecule has 1 rings (SSSR count). The van der Waals surface area contributed by atoms with Gasteiger partial charge in [-0.25, -0.2) is 0 Å². The molecule has 0 fully saturated rings. The Bertz CT molecular complexity index is 325. The van der Waals surface area contributed by atoms with E-state index in [4.69, 9.17) is 4.74 Å². The van der Waals surface area contributed by atoms with E-state index in [0.717, 1.165) is 10.2 Å². The quantitative estimate of drug-likeness (QED) is 0.905. The highest BCUT2D eigenvalue weighted by Crippen LogP contribution is 2.27. The van der Waals surface area contributed by atoms with E-state index in [1.807, 2.05) is 33.0 Å². The van der Waals surface area contributed by atoms with Crippen molar-refractivity contribution in [2.45, 2.75) is 32.9 Å². The van der Waals surface area contributed by atoms with Crippen LogP contribution in [-0.2, 0) is 0 Å². The van der Waals surface area contributed by atoms with Crippen LogP contribution in [-0.4, -0.2) is 13.2 Å². The lowest BCUT2D eigenvalue weighted by atomic mass is 10.1. The lowest BCUT2D eigenvalue weighted by Gasteiger charge is -2.15.